The van der Waals surface area contributed by atoms with E-state index < -0.39 is 0 Å². The third-order valence-corrected chi connectivity index (χ3v) is 4.28. The number of nitrogens with one attached hydrogen (secondary N) is 1. The van der Waals surface area contributed by atoms with Gasteiger partial charge in [0, 0.05) is 12.0 Å². The van der Waals surface area contributed by atoms with Crippen molar-refractivity contribution in [1.29, 1.82) is 0 Å². The maximum atomic E-state index is 11.9. The quantitative estimate of drug-likeness (QED) is 0.771. The minimum absolute atomic E-state index is 0.196. The molecule has 3 rings (SSSR count). The van der Waals surface area contributed by atoms with Crippen LogP contribution in [-0.2, 0) is 11.2 Å². The van der Waals surface area contributed by atoms with E-state index >= 15 is 0 Å². The van der Waals surface area contributed by atoms with Crippen LogP contribution in [0.3, 0.4) is 0 Å². The molecule has 0 spiro atoms. The molecule has 18 heavy (non-hydrogen) atoms. The molecule has 0 radical (unpaired) electrons. The number of rotatable bonds is 1. The summed E-state index contributed by atoms with van der Waals surface area (Å²) in [6.45, 7) is 1.11. The summed E-state index contributed by atoms with van der Waals surface area (Å²) in [5, 5.41) is 3.59. The highest BCUT2D eigenvalue weighted by molar-refractivity contribution is 5.91. The monoisotopic (exact) mass is 245 g/mol. The first-order valence-corrected chi connectivity index (χ1v) is 6.74. The van der Waals surface area contributed by atoms with Crippen LogP contribution in [0, 0.1) is 0 Å². The number of fused-ring (bicyclic) bond motifs is 3. The van der Waals surface area contributed by atoms with Gasteiger partial charge in [0.25, 0.3) is 0 Å². The smallest absolute Gasteiger partial charge is 0.338 e. The van der Waals surface area contributed by atoms with E-state index in [1.807, 2.05) is 12.1 Å². The Kier molecular flexibility index (Phi) is 3.08. The van der Waals surface area contributed by atoms with E-state index in [1.54, 1.807) is 0 Å². The molecule has 1 aliphatic carbocycles. The number of hydrogen-bond donors (Lipinski definition) is 1. The maximum Gasteiger partial charge on any atom is 0.338 e. The van der Waals surface area contributed by atoms with Crippen molar-refractivity contribution in [2.24, 2.45) is 0 Å². The van der Waals surface area contributed by atoms with Crippen LogP contribution in [0.1, 0.15) is 46.7 Å². The van der Waals surface area contributed by atoms with Crippen LogP contribution < -0.4 is 5.32 Å². The molecule has 0 aromatic heterocycles. The molecule has 3 nitrogen and oxygen atoms in total. The molecule has 1 aromatic rings. The van der Waals surface area contributed by atoms with Crippen LogP contribution in [0.15, 0.2) is 18.2 Å². The molecule has 1 fully saturated rings. The van der Waals surface area contributed by atoms with Gasteiger partial charge in [0.1, 0.15) is 0 Å². The fraction of sp³-hybridized carbons (Fsp3) is 0.533. The zero-order valence-corrected chi connectivity index (χ0v) is 10.7. The summed E-state index contributed by atoms with van der Waals surface area (Å²) in [6.07, 6.45) is 4.62. The molecular formula is C15H19NO2. The van der Waals surface area contributed by atoms with E-state index in [4.69, 9.17) is 4.74 Å². The highest BCUT2D eigenvalue weighted by atomic mass is 16.5. The molecule has 0 bridgehead atoms. The molecule has 0 saturated carbocycles. The zero-order valence-electron chi connectivity index (χ0n) is 10.7. The third-order valence-electron chi connectivity index (χ3n) is 4.28. The number of benzene rings is 1. The van der Waals surface area contributed by atoms with Crippen molar-refractivity contribution in [2.75, 3.05) is 13.7 Å². The second kappa shape index (κ2) is 4.73. The van der Waals surface area contributed by atoms with Gasteiger partial charge in [-0.05, 0) is 49.4 Å². The van der Waals surface area contributed by atoms with Crippen molar-refractivity contribution in [2.45, 2.75) is 37.6 Å². The lowest BCUT2D eigenvalue weighted by molar-refractivity contribution is 0.0597. The highest BCUT2D eigenvalue weighted by Crippen LogP contribution is 2.39. The Morgan fingerprint density at radius 3 is 3.11 bits per heavy atom. The Bertz CT molecular complexity index is 470. The van der Waals surface area contributed by atoms with E-state index in [9.17, 15) is 4.79 Å². The van der Waals surface area contributed by atoms with Gasteiger partial charge < -0.3 is 10.1 Å². The molecular weight excluding hydrogens is 226 g/mol. The Morgan fingerprint density at radius 2 is 2.28 bits per heavy atom. The second-order valence-corrected chi connectivity index (χ2v) is 5.22. The average molecular weight is 245 g/mol. The maximum absolute atomic E-state index is 11.9. The standard InChI is InChI=1S/C15H19NO2/c1-18-15(17)12-5-2-4-10-7-8-13-11(14(10)12)6-3-9-16-13/h2,4-5,11,13,16H,3,6-9H2,1H3. The van der Waals surface area contributed by atoms with Gasteiger partial charge in [-0.3, -0.25) is 0 Å². The molecule has 1 heterocycles. The summed E-state index contributed by atoms with van der Waals surface area (Å²) >= 11 is 0. The van der Waals surface area contributed by atoms with E-state index in [0.29, 0.717) is 12.0 Å². The molecule has 96 valence electrons. The predicted molar refractivity (Wildman–Crippen MR) is 69.9 cm³/mol. The molecule has 2 unspecified atom stereocenters. The fourth-order valence-electron chi connectivity index (χ4n) is 3.47. The van der Waals surface area contributed by atoms with Gasteiger partial charge in [0.2, 0.25) is 0 Å². The molecule has 2 atom stereocenters. The van der Waals surface area contributed by atoms with Crippen LogP contribution >= 0.6 is 0 Å². The number of methoxy groups -OCH3 is 1. The Labute approximate surface area is 108 Å². The van der Waals surface area contributed by atoms with Gasteiger partial charge in [-0.25, -0.2) is 4.79 Å². The Hall–Kier alpha value is -1.35. The number of hydrogen-bond acceptors (Lipinski definition) is 3. The van der Waals surface area contributed by atoms with E-state index in [0.717, 1.165) is 18.5 Å². The van der Waals surface area contributed by atoms with Crippen LogP contribution in [0.5, 0.6) is 0 Å². The average Bonchev–Trinajstić information content (AvgIpc) is 2.45. The zero-order chi connectivity index (χ0) is 12.5. The van der Waals surface area contributed by atoms with Gasteiger partial charge in [0.05, 0.1) is 12.7 Å². The van der Waals surface area contributed by atoms with Gasteiger partial charge in [-0.1, -0.05) is 12.1 Å². The summed E-state index contributed by atoms with van der Waals surface area (Å²) in [5.74, 6) is 0.288. The number of esters is 1. The number of ether oxygens (including phenoxy) is 1. The van der Waals surface area contributed by atoms with Crippen LogP contribution in [-0.4, -0.2) is 25.7 Å². The first-order valence-electron chi connectivity index (χ1n) is 6.74. The van der Waals surface area contributed by atoms with E-state index in [-0.39, 0.29) is 5.97 Å². The largest absolute Gasteiger partial charge is 0.465 e. The molecule has 1 aromatic carbocycles. The lowest BCUT2D eigenvalue weighted by Crippen LogP contribution is -2.43. The Balaban J connectivity index is 2.07. The fourth-order valence-corrected chi connectivity index (χ4v) is 3.47. The van der Waals surface area contributed by atoms with Gasteiger partial charge in [-0.15, -0.1) is 0 Å². The summed E-state index contributed by atoms with van der Waals surface area (Å²) < 4.78 is 4.92. The Morgan fingerprint density at radius 1 is 1.39 bits per heavy atom. The van der Waals surface area contributed by atoms with Crippen molar-refractivity contribution in [3.63, 3.8) is 0 Å². The minimum Gasteiger partial charge on any atom is -0.465 e. The van der Waals surface area contributed by atoms with Gasteiger partial charge in [0.15, 0.2) is 0 Å². The normalized spacial score (nSPS) is 26.1. The van der Waals surface area contributed by atoms with Crippen molar-refractivity contribution < 1.29 is 9.53 Å². The van der Waals surface area contributed by atoms with Crippen LogP contribution in [0.2, 0.25) is 0 Å². The molecule has 3 heteroatoms. The second-order valence-electron chi connectivity index (χ2n) is 5.22. The lowest BCUT2D eigenvalue weighted by atomic mass is 9.73. The number of piperidine rings is 1. The SMILES string of the molecule is COC(=O)c1cccc2c1C1CCCNC1CC2. The van der Waals surface area contributed by atoms with Crippen LogP contribution in [0.25, 0.3) is 0 Å². The minimum atomic E-state index is -0.196. The molecule has 1 saturated heterocycles. The van der Waals surface area contributed by atoms with Crippen molar-refractivity contribution in [3.05, 3.63) is 34.9 Å². The van der Waals surface area contributed by atoms with Gasteiger partial charge >= 0.3 is 5.97 Å². The topological polar surface area (TPSA) is 38.3 Å². The third kappa shape index (κ3) is 1.83. The first-order chi connectivity index (χ1) is 8.81. The summed E-state index contributed by atoms with van der Waals surface area (Å²) in [7, 11) is 1.46. The predicted octanol–water partition coefficient (Wildman–Crippen LogP) is 2.25. The number of aryl methyl sites for hydroxylation is 1. The number of carbonyl (C=O) groups is 1. The molecule has 1 N–H and O–H groups in total. The highest BCUT2D eigenvalue weighted by Gasteiger charge is 2.34. The summed E-state index contributed by atoms with van der Waals surface area (Å²) in [6, 6.07) is 6.58. The molecule has 0 amide bonds. The molecule has 2 aliphatic rings. The van der Waals surface area contributed by atoms with Gasteiger partial charge in [-0.2, -0.15) is 0 Å². The van der Waals surface area contributed by atoms with E-state index in [1.165, 1.54) is 37.5 Å². The first kappa shape index (κ1) is 11.7. The van der Waals surface area contributed by atoms with Crippen molar-refractivity contribution in [1.82, 2.24) is 5.32 Å². The van der Waals surface area contributed by atoms with Crippen LogP contribution in [0.4, 0.5) is 0 Å². The van der Waals surface area contributed by atoms with E-state index in [2.05, 4.69) is 11.4 Å². The van der Waals surface area contributed by atoms with Crippen molar-refractivity contribution >= 4 is 5.97 Å². The van der Waals surface area contributed by atoms with Crippen molar-refractivity contribution in [3.8, 4) is 0 Å². The summed E-state index contributed by atoms with van der Waals surface area (Å²) in [4.78, 5) is 11.9. The number of carbonyl (C=O) groups excluding carboxylic acids is 1. The summed E-state index contributed by atoms with van der Waals surface area (Å²) in [5.41, 5.74) is 3.35. The molecule has 1 aliphatic heterocycles. The lowest BCUT2D eigenvalue weighted by Gasteiger charge is -2.38.